The van der Waals surface area contributed by atoms with E-state index in [9.17, 15) is 4.79 Å². The van der Waals surface area contributed by atoms with Crippen LogP contribution in [0.5, 0.6) is 0 Å². The second kappa shape index (κ2) is 3.79. The predicted octanol–water partition coefficient (Wildman–Crippen LogP) is 1.37. The third-order valence-corrected chi connectivity index (χ3v) is 3.85. The maximum atomic E-state index is 12.2. The van der Waals surface area contributed by atoms with Crippen molar-refractivity contribution in [3.05, 3.63) is 23.1 Å². The van der Waals surface area contributed by atoms with E-state index in [1.165, 1.54) is 6.26 Å². The van der Waals surface area contributed by atoms with Crippen LogP contribution in [-0.2, 0) is 0 Å². The van der Waals surface area contributed by atoms with Crippen molar-refractivity contribution in [2.45, 2.75) is 12.5 Å². The number of nitrogens with zero attached hydrogens (tertiary/aromatic N) is 1. The normalized spacial score (nSPS) is 28.4. The molecule has 86 valence electrons. The maximum Gasteiger partial charge on any atom is 0.259 e. The largest absolute Gasteiger partial charge is 0.452 e. The number of rotatable bonds is 1. The number of carbonyl (C=O) groups excluding carboxylic acids is 1. The summed E-state index contributed by atoms with van der Waals surface area (Å²) in [5.41, 5.74) is 0.481. The van der Waals surface area contributed by atoms with Crippen molar-refractivity contribution in [3.63, 3.8) is 0 Å². The van der Waals surface area contributed by atoms with Gasteiger partial charge in [0.1, 0.15) is 0 Å². The lowest BCUT2D eigenvalue weighted by Crippen LogP contribution is -2.39. The highest BCUT2D eigenvalue weighted by molar-refractivity contribution is 6.32. The lowest BCUT2D eigenvalue weighted by Gasteiger charge is -2.22. The summed E-state index contributed by atoms with van der Waals surface area (Å²) < 4.78 is 4.96. The SMILES string of the molecule is O=C(c1ccoc1Cl)N1CC[C@H]2CNC[C@H]21. The molecule has 2 fully saturated rings. The molecule has 0 unspecified atom stereocenters. The van der Waals surface area contributed by atoms with Gasteiger partial charge in [-0.15, -0.1) is 0 Å². The zero-order valence-electron chi connectivity index (χ0n) is 8.78. The standard InChI is InChI=1S/C11H13ClN2O2/c12-10-8(2-4-16-10)11(15)14-3-1-7-5-13-6-9(7)14/h2,4,7,9,13H,1,3,5-6H2/t7-,9+/m0/s1. The average Bonchev–Trinajstić information content (AvgIpc) is 2.90. The summed E-state index contributed by atoms with van der Waals surface area (Å²) >= 11 is 5.83. The minimum Gasteiger partial charge on any atom is -0.452 e. The van der Waals surface area contributed by atoms with Gasteiger partial charge in [0.2, 0.25) is 5.22 Å². The molecule has 2 aliphatic heterocycles. The highest BCUT2D eigenvalue weighted by Gasteiger charge is 2.40. The number of amides is 1. The molecule has 0 aromatic carbocycles. The summed E-state index contributed by atoms with van der Waals surface area (Å²) in [6.07, 6.45) is 2.54. The molecule has 2 atom stereocenters. The number of carbonyl (C=O) groups is 1. The van der Waals surface area contributed by atoms with Crippen molar-refractivity contribution in [1.82, 2.24) is 10.2 Å². The molecule has 2 saturated heterocycles. The van der Waals surface area contributed by atoms with E-state index in [1.807, 2.05) is 4.90 Å². The quantitative estimate of drug-likeness (QED) is 0.807. The molecule has 1 aromatic rings. The number of hydrogen-bond donors (Lipinski definition) is 1. The van der Waals surface area contributed by atoms with Crippen molar-refractivity contribution >= 4 is 17.5 Å². The van der Waals surface area contributed by atoms with Gasteiger partial charge >= 0.3 is 0 Å². The smallest absolute Gasteiger partial charge is 0.259 e. The van der Waals surface area contributed by atoms with Crippen molar-refractivity contribution in [1.29, 1.82) is 0 Å². The molecular formula is C11H13ClN2O2. The van der Waals surface area contributed by atoms with Gasteiger partial charge < -0.3 is 14.6 Å². The van der Waals surface area contributed by atoms with E-state index in [4.69, 9.17) is 16.0 Å². The first-order valence-electron chi connectivity index (χ1n) is 5.52. The Morgan fingerprint density at radius 2 is 2.44 bits per heavy atom. The fourth-order valence-corrected chi connectivity index (χ4v) is 2.90. The van der Waals surface area contributed by atoms with Gasteiger partial charge in [0.15, 0.2) is 0 Å². The number of nitrogens with one attached hydrogen (secondary N) is 1. The summed E-state index contributed by atoms with van der Waals surface area (Å²) in [5, 5.41) is 3.51. The van der Waals surface area contributed by atoms with Gasteiger partial charge in [-0.25, -0.2) is 0 Å². The molecule has 3 rings (SSSR count). The molecule has 0 spiro atoms. The van der Waals surface area contributed by atoms with E-state index in [0.717, 1.165) is 26.1 Å². The third-order valence-electron chi connectivity index (χ3n) is 3.55. The molecule has 0 saturated carbocycles. The Kier molecular flexibility index (Phi) is 2.41. The van der Waals surface area contributed by atoms with Gasteiger partial charge in [0, 0.05) is 25.7 Å². The fraction of sp³-hybridized carbons (Fsp3) is 0.545. The highest BCUT2D eigenvalue weighted by atomic mass is 35.5. The van der Waals surface area contributed by atoms with Gasteiger partial charge in [0.25, 0.3) is 5.91 Å². The highest BCUT2D eigenvalue weighted by Crippen LogP contribution is 2.30. The molecule has 4 nitrogen and oxygen atoms in total. The molecule has 0 bridgehead atoms. The fourth-order valence-electron chi connectivity index (χ4n) is 2.70. The van der Waals surface area contributed by atoms with E-state index in [2.05, 4.69) is 5.32 Å². The third kappa shape index (κ3) is 1.44. The minimum atomic E-state index is -0.00468. The molecule has 5 heteroatoms. The van der Waals surface area contributed by atoms with E-state index in [0.29, 0.717) is 17.5 Å². The molecule has 1 aromatic heterocycles. The van der Waals surface area contributed by atoms with Gasteiger partial charge in [-0.1, -0.05) is 0 Å². The van der Waals surface area contributed by atoms with Gasteiger partial charge in [0.05, 0.1) is 11.8 Å². The maximum absolute atomic E-state index is 12.2. The topological polar surface area (TPSA) is 45.5 Å². The van der Waals surface area contributed by atoms with Crippen LogP contribution in [0.3, 0.4) is 0 Å². The van der Waals surface area contributed by atoms with Crippen LogP contribution in [0.2, 0.25) is 5.22 Å². The van der Waals surface area contributed by atoms with Crippen LogP contribution in [0.25, 0.3) is 0 Å². The summed E-state index contributed by atoms with van der Waals surface area (Å²) in [6, 6.07) is 1.97. The first-order chi connectivity index (χ1) is 7.77. The van der Waals surface area contributed by atoms with Gasteiger partial charge in [-0.05, 0) is 30.0 Å². The van der Waals surface area contributed by atoms with E-state index in [-0.39, 0.29) is 11.1 Å². The van der Waals surface area contributed by atoms with Crippen LogP contribution < -0.4 is 5.32 Å². The number of halogens is 1. The van der Waals surface area contributed by atoms with Crippen LogP contribution in [0.1, 0.15) is 16.8 Å². The Balaban J connectivity index is 1.83. The Bertz CT molecular complexity index is 418. The number of hydrogen-bond acceptors (Lipinski definition) is 3. The number of likely N-dealkylation sites (tertiary alicyclic amines) is 1. The van der Waals surface area contributed by atoms with E-state index in [1.54, 1.807) is 6.07 Å². The first-order valence-corrected chi connectivity index (χ1v) is 5.90. The summed E-state index contributed by atoms with van der Waals surface area (Å²) in [6.45, 7) is 2.75. The van der Waals surface area contributed by atoms with Crippen molar-refractivity contribution in [2.75, 3.05) is 19.6 Å². The van der Waals surface area contributed by atoms with Crippen molar-refractivity contribution < 1.29 is 9.21 Å². The monoisotopic (exact) mass is 240 g/mol. The minimum absolute atomic E-state index is 0.00468. The lowest BCUT2D eigenvalue weighted by atomic mass is 10.1. The Hall–Kier alpha value is -1.00. The predicted molar refractivity (Wildman–Crippen MR) is 59.5 cm³/mol. The molecule has 1 amide bonds. The second-order valence-electron chi connectivity index (χ2n) is 4.38. The van der Waals surface area contributed by atoms with E-state index < -0.39 is 0 Å². The first kappa shape index (κ1) is 10.2. The molecule has 2 aliphatic rings. The molecule has 1 N–H and O–H groups in total. The van der Waals surface area contributed by atoms with Gasteiger partial charge in [-0.3, -0.25) is 4.79 Å². The lowest BCUT2D eigenvalue weighted by molar-refractivity contribution is 0.0736. The van der Waals surface area contributed by atoms with Crippen LogP contribution >= 0.6 is 11.6 Å². The van der Waals surface area contributed by atoms with Gasteiger partial charge in [-0.2, -0.15) is 0 Å². The Morgan fingerprint density at radius 1 is 1.56 bits per heavy atom. The zero-order valence-corrected chi connectivity index (χ0v) is 9.54. The Labute approximate surface area is 98.5 Å². The van der Waals surface area contributed by atoms with Crippen molar-refractivity contribution in [2.24, 2.45) is 5.92 Å². The average molecular weight is 241 g/mol. The summed E-state index contributed by atoms with van der Waals surface area (Å²) in [7, 11) is 0. The second-order valence-corrected chi connectivity index (χ2v) is 4.72. The van der Waals surface area contributed by atoms with Crippen LogP contribution in [-0.4, -0.2) is 36.5 Å². The summed E-state index contributed by atoms with van der Waals surface area (Å²) in [5.74, 6) is 0.601. The number of furan rings is 1. The molecule has 0 aliphatic carbocycles. The zero-order chi connectivity index (χ0) is 11.1. The van der Waals surface area contributed by atoms with Crippen LogP contribution in [0.4, 0.5) is 0 Å². The van der Waals surface area contributed by atoms with Crippen LogP contribution in [0, 0.1) is 5.92 Å². The molecule has 16 heavy (non-hydrogen) atoms. The summed E-state index contributed by atoms with van der Waals surface area (Å²) in [4.78, 5) is 14.1. The molecule has 3 heterocycles. The number of fused-ring (bicyclic) bond motifs is 1. The molecular weight excluding hydrogens is 228 g/mol. The Morgan fingerprint density at radius 3 is 3.19 bits per heavy atom. The van der Waals surface area contributed by atoms with Crippen molar-refractivity contribution in [3.8, 4) is 0 Å². The van der Waals surface area contributed by atoms with Crippen LogP contribution in [0.15, 0.2) is 16.7 Å². The van der Waals surface area contributed by atoms with E-state index >= 15 is 0 Å². The molecule has 0 radical (unpaired) electrons.